The molecule has 4 aromatic rings. The van der Waals surface area contributed by atoms with Gasteiger partial charge in [0.2, 0.25) is 0 Å². The van der Waals surface area contributed by atoms with Crippen LogP contribution in [0.5, 0.6) is 0 Å². The van der Waals surface area contributed by atoms with E-state index in [2.05, 4.69) is 10.3 Å². The van der Waals surface area contributed by atoms with E-state index in [0.29, 0.717) is 10.0 Å². The Balaban J connectivity index is 0.000000339. The third-order valence-corrected chi connectivity index (χ3v) is 5.80. The average molecular weight is 468 g/mol. The Morgan fingerprint density at radius 2 is 1.58 bits per heavy atom. The lowest BCUT2D eigenvalue weighted by Crippen LogP contribution is -2.21. The third kappa shape index (κ3) is 5.86. The van der Waals surface area contributed by atoms with Crippen molar-refractivity contribution < 1.29 is 32.3 Å². The predicted octanol–water partition coefficient (Wildman–Crippen LogP) is 6.05. The van der Waals surface area contributed by atoms with Crippen LogP contribution >= 0.6 is 22.7 Å². The lowest BCUT2D eigenvalue weighted by atomic mass is 10.2. The quantitative estimate of drug-likeness (QED) is 0.359. The molecule has 2 N–H and O–H groups in total. The number of halogens is 4. The van der Waals surface area contributed by atoms with Gasteiger partial charge in [-0.25, -0.2) is 14.2 Å². The second-order valence-corrected chi connectivity index (χ2v) is 8.03. The molecule has 160 valence electrons. The molecular weight excluding hydrogens is 456 g/mol. The van der Waals surface area contributed by atoms with E-state index >= 15 is 0 Å². The minimum absolute atomic E-state index is 0.188. The summed E-state index contributed by atoms with van der Waals surface area (Å²) in [5.74, 6) is -3.22. The molecule has 31 heavy (non-hydrogen) atoms. The molecule has 2 aromatic carbocycles. The van der Waals surface area contributed by atoms with Gasteiger partial charge in [0.05, 0.1) is 15.1 Å². The highest BCUT2D eigenvalue weighted by atomic mass is 32.1. The standard InChI is InChI=1S/C18H11FN2OS2.C2HF3O2/c19-12-7-5-11(6-8-12)14-9-10-16(23-14)17(22)21-18-20-13-3-1-2-4-15(13)24-18;3-2(4,5)1(6)7/h1-10H,(H,20,21,22);(H,6,7). The Kier molecular flexibility index (Phi) is 6.66. The van der Waals surface area contributed by atoms with Crippen molar-refractivity contribution in [2.75, 3.05) is 5.32 Å². The number of alkyl halides is 3. The topological polar surface area (TPSA) is 79.3 Å². The minimum Gasteiger partial charge on any atom is -0.475 e. The molecule has 0 fully saturated rings. The number of para-hydroxylation sites is 1. The number of carboxylic acid groups (broad SMARTS) is 1. The monoisotopic (exact) mass is 468 g/mol. The number of nitrogens with zero attached hydrogens (tertiary/aromatic N) is 1. The van der Waals surface area contributed by atoms with Crippen molar-refractivity contribution in [3.8, 4) is 10.4 Å². The maximum absolute atomic E-state index is 13.0. The van der Waals surface area contributed by atoms with E-state index in [0.717, 1.165) is 20.7 Å². The van der Waals surface area contributed by atoms with Gasteiger partial charge in [0.25, 0.3) is 5.91 Å². The lowest BCUT2D eigenvalue weighted by Gasteiger charge is -1.98. The molecule has 1 amide bonds. The first-order valence-electron chi connectivity index (χ1n) is 8.46. The third-order valence-electron chi connectivity index (χ3n) is 3.72. The SMILES string of the molecule is O=C(Nc1nc2ccccc2s1)c1ccc(-c2ccc(F)cc2)s1.O=C(O)C(F)(F)F. The Hall–Kier alpha value is -3.31. The molecule has 0 unspecified atom stereocenters. The summed E-state index contributed by atoms with van der Waals surface area (Å²) in [5, 5.41) is 10.5. The maximum atomic E-state index is 13.0. The summed E-state index contributed by atoms with van der Waals surface area (Å²) in [6.45, 7) is 0. The summed E-state index contributed by atoms with van der Waals surface area (Å²) in [6, 6.07) is 17.6. The normalized spacial score (nSPS) is 11.0. The number of aromatic nitrogens is 1. The zero-order chi connectivity index (χ0) is 22.6. The maximum Gasteiger partial charge on any atom is 0.490 e. The molecule has 0 bridgehead atoms. The van der Waals surface area contributed by atoms with Crippen molar-refractivity contribution >= 4 is 49.9 Å². The number of fused-ring (bicyclic) bond motifs is 1. The van der Waals surface area contributed by atoms with Crippen LogP contribution < -0.4 is 5.32 Å². The van der Waals surface area contributed by atoms with Crippen LogP contribution in [0.3, 0.4) is 0 Å². The number of anilines is 1. The Bertz CT molecular complexity index is 1180. The van der Waals surface area contributed by atoms with Gasteiger partial charge in [-0.3, -0.25) is 10.1 Å². The molecular formula is C20H12F4N2O3S2. The summed E-state index contributed by atoms with van der Waals surface area (Å²) in [5.41, 5.74) is 1.76. The minimum atomic E-state index is -5.08. The van der Waals surface area contributed by atoms with E-state index in [1.807, 2.05) is 30.3 Å². The number of thiophene rings is 1. The van der Waals surface area contributed by atoms with Crippen molar-refractivity contribution in [2.45, 2.75) is 6.18 Å². The Morgan fingerprint density at radius 1 is 0.935 bits per heavy atom. The van der Waals surface area contributed by atoms with Crippen molar-refractivity contribution in [2.24, 2.45) is 0 Å². The van der Waals surface area contributed by atoms with E-state index in [1.54, 1.807) is 18.2 Å². The van der Waals surface area contributed by atoms with E-state index in [1.165, 1.54) is 34.8 Å². The van der Waals surface area contributed by atoms with Crippen LogP contribution in [0.2, 0.25) is 0 Å². The van der Waals surface area contributed by atoms with Gasteiger partial charge in [0.15, 0.2) is 5.13 Å². The van der Waals surface area contributed by atoms with Crippen LogP contribution in [0.15, 0.2) is 60.7 Å². The zero-order valence-electron chi connectivity index (χ0n) is 15.3. The first kappa shape index (κ1) is 22.4. The molecule has 0 spiro atoms. The number of hydrogen-bond donors (Lipinski definition) is 2. The van der Waals surface area contributed by atoms with E-state index in [4.69, 9.17) is 9.90 Å². The van der Waals surface area contributed by atoms with Gasteiger partial charge in [0, 0.05) is 4.88 Å². The summed E-state index contributed by atoms with van der Waals surface area (Å²) in [7, 11) is 0. The van der Waals surface area contributed by atoms with Crippen molar-refractivity contribution in [3.63, 3.8) is 0 Å². The highest BCUT2D eigenvalue weighted by Gasteiger charge is 2.38. The molecule has 0 saturated heterocycles. The molecule has 0 atom stereocenters. The molecule has 0 aliphatic rings. The zero-order valence-corrected chi connectivity index (χ0v) is 16.9. The number of rotatable bonds is 3. The van der Waals surface area contributed by atoms with Gasteiger partial charge in [-0.2, -0.15) is 13.2 Å². The van der Waals surface area contributed by atoms with E-state index in [-0.39, 0.29) is 11.7 Å². The molecule has 0 saturated carbocycles. The fourth-order valence-electron chi connectivity index (χ4n) is 2.31. The number of hydrogen-bond acceptors (Lipinski definition) is 5. The highest BCUT2D eigenvalue weighted by molar-refractivity contribution is 7.22. The second kappa shape index (κ2) is 9.23. The Morgan fingerprint density at radius 3 is 2.19 bits per heavy atom. The summed E-state index contributed by atoms with van der Waals surface area (Å²) in [6.07, 6.45) is -5.08. The number of carbonyl (C=O) groups is 2. The predicted molar refractivity (Wildman–Crippen MR) is 111 cm³/mol. The molecule has 0 aliphatic carbocycles. The molecule has 11 heteroatoms. The van der Waals surface area contributed by atoms with E-state index < -0.39 is 12.1 Å². The first-order chi connectivity index (χ1) is 14.6. The van der Waals surface area contributed by atoms with Crippen LogP contribution in [0.25, 0.3) is 20.7 Å². The molecule has 0 radical (unpaired) electrons. The molecule has 5 nitrogen and oxygen atoms in total. The van der Waals surface area contributed by atoms with E-state index in [9.17, 15) is 22.4 Å². The summed E-state index contributed by atoms with van der Waals surface area (Å²) in [4.78, 5) is 27.2. The van der Waals surface area contributed by atoms with Gasteiger partial charge < -0.3 is 5.11 Å². The van der Waals surface area contributed by atoms with Gasteiger partial charge in [-0.15, -0.1) is 11.3 Å². The number of carboxylic acids is 1. The van der Waals surface area contributed by atoms with Crippen LogP contribution in [0.1, 0.15) is 9.67 Å². The molecule has 2 heterocycles. The summed E-state index contributed by atoms with van der Waals surface area (Å²) >= 11 is 2.81. The highest BCUT2D eigenvalue weighted by Crippen LogP contribution is 2.30. The average Bonchev–Trinajstić information content (AvgIpc) is 3.35. The Labute approximate surface area is 180 Å². The van der Waals surface area contributed by atoms with Gasteiger partial charge in [-0.05, 0) is 42.0 Å². The molecule has 0 aliphatic heterocycles. The van der Waals surface area contributed by atoms with Crippen LogP contribution in [0.4, 0.5) is 22.7 Å². The van der Waals surface area contributed by atoms with Crippen LogP contribution in [0, 0.1) is 5.82 Å². The number of amides is 1. The summed E-state index contributed by atoms with van der Waals surface area (Å²) < 4.78 is 45.8. The number of benzene rings is 2. The van der Waals surface area contributed by atoms with Gasteiger partial charge in [-0.1, -0.05) is 35.6 Å². The smallest absolute Gasteiger partial charge is 0.475 e. The number of thiazole rings is 1. The second-order valence-electron chi connectivity index (χ2n) is 5.91. The fraction of sp³-hybridized carbons (Fsp3) is 0.0500. The number of carbonyl (C=O) groups excluding carboxylic acids is 1. The number of aliphatic carboxylic acids is 1. The fourth-order valence-corrected chi connectivity index (χ4v) is 4.08. The lowest BCUT2D eigenvalue weighted by molar-refractivity contribution is -0.192. The van der Waals surface area contributed by atoms with Crippen LogP contribution in [-0.2, 0) is 4.79 Å². The van der Waals surface area contributed by atoms with Crippen molar-refractivity contribution in [1.29, 1.82) is 0 Å². The number of nitrogens with one attached hydrogen (secondary N) is 1. The van der Waals surface area contributed by atoms with Crippen LogP contribution in [-0.4, -0.2) is 28.1 Å². The molecule has 2 aromatic heterocycles. The van der Waals surface area contributed by atoms with Crippen molar-refractivity contribution in [3.05, 3.63) is 71.4 Å². The van der Waals surface area contributed by atoms with Gasteiger partial charge >= 0.3 is 12.1 Å². The molecule has 4 rings (SSSR count). The van der Waals surface area contributed by atoms with Gasteiger partial charge in [0.1, 0.15) is 5.82 Å². The van der Waals surface area contributed by atoms with Crippen molar-refractivity contribution in [1.82, 2.24) is 4.98 Å². The first-order valence-corrected chi connectivity index (χ1v) is 10.1. The largest absolute Gasteiger partial charge is 0.490 e.